The van der Waals surface area contributed by atoms with E-state index >= 15 is 0 Å². The van der Waals surface area contributed by atoms with Gasteiger partial charge < -0.3 is 14.6 Å². The molecule has 0 spiro atoms. The summed E-state index contributed by atoms with van der Waals surface area (Å²) in [6.45, 7) is 0.243. The molecule has 5 heteroatoms. The van der Waals surface area contributed by atoms with Gasteiger partial charge in [-0.2, -0.15) is 5.26 Å². The van der Waals surface area contributed by atoms with E-state index in [-0.39, 0.29) is 6.61 Å². The summed E-state index contributed by atoms with van der Waals surface area (Å²) in [5, 5.41) is 18.4. The second kappa shape index (κ2) is 6.98. The second-order valence-electron chi connectivity index (χ2n) is 4.36. The molecular weight excluding hydrogens is 290 g/mol. The summed E-state index contributed by atoms with van der Waals surface area (Å²) in [7, 11) is 1.52. The summed E-state index contributed by atoms with van der Waals surface area (Å²) in [6.07, 6.45) is 0. The molecule has 0 amide bonds. The van der Waals surface area contributed by atoms with Crippen molar-refractivity contribution in [1.82, 2.24) is 0 Å². The van der Waals surface area contributed by atoms with Gasteiger partial charge >= 0.3 is 0 Å². The van der Waals surface area contributed by atoms with E-state index in [4.69, 9.17) is 31.4 Å². The summed E-state index contributed by atoms with van der Waals surface area (Å²) in [6, 6.07) is 12.4. The maximum absolute atomic E-state index is 9.03. The number of hydrogen-bond donors (Lipinski definition) is 1. The van der Waals surface area contributed by atoms with Crippen LogP contribution >= 0.6 is 11.6 Å². The smallest absolute Gasteiger partial charge is 0.138 e. The van der Waals surface area contributed by atoms with Gasteiger partial charge in [-0.15, -0.1) is 0 Å². The lowest BCUT2D eigenvalue weighted by molar-refractivity contribution is 0.280. The Morgan fingerprint density at radius 2 is 1.90 bits per heavy atom. The zero-order valence-electron chi connectivity index (χ0n) is 11.5. The first-order valence-electron chi connectivity index (χ1n) is 6.27. The van der Waals surface area contributed by atoms with Gasteiger partial charge in [0.05, 0.1) is 24.3 Å². The van der Waals surface area contributed by atoms with E-state index in [1.165, 1.54) is 7.11 Å². The van der Waals surface area contributed by atoms with Crippen molar-refractivity contribution in [2.24, 2.45) is 0 Å². The van der Waals surface area contributed by atoms with Crippen molar-refractivity contribution >= 4 is 11.6 Å². The third-order valence-electron chi connectivity index (χ3n) is 2.96. The number of benzene rings is 2. The van der Waals surface area contributed by atoms with E-state index in [1.807, 2.05) is 0 Å². The highest BCUT2D eigenvalue weighted by Gasteiger charge is 2.06. The Bertz CT molecular complexity index is 680. The average Bonchev–Trinajstić information content (AvgIpc) is 2.53. The fourth-order valence-electron chi connectivity index (χ4n) is 1.84. The molecule has 2 rings (SSSR count). The van der Waals surface area contributed by atoms with Crippen LogP contribution in [0, 0.1) is 11.3 Å². The van der Waals surface area contributed by atoms with Gasteiger partial charge in [0.15, 0.2) is 0 Å². The molecule has 0 bridgehead atoms. The number of methoxy groups -OCH3 is 1. The molecule has 2 aromatic rings. The summed E-state index contributed by atoms with van der Waals surface area (Å²) < 4.78 is 10.8. The molecule has 1 N–H and O–H groups in total. The predicted molar refractivity (Wildman–Crippen MR) is 79.4 cm³/mol. The van der Waals surface area contributed by atoms with Gasteiger partial charge in [0.25, 0.3) is 0 Å². The highest BCUT2D eigenvalue weighted by atomic mass is 35.5. The average molecular weight is 304 g/mol. The molecule has 0 radical (unpaired) electrons. The second-order valence-corrected chi connectivity index (χ2v) is 4.77. The predicted octanol–water partition coefficient (Wildman–Crippen LogP) is 3.29. The van der Waals surface area contributed by atoms with Gasteiger partial charge in [-0.05, 0) is 35.4 Å². The number of ether oxygens (including phenoxy) is 2. The van der Waals surface area contributed by atoms with Crippen LogP contribution in [-0.4, -0.2) is 12.2 Å². The maximum atomic E-state index is 9.03. The van der Waals surface area contributed by atoms with Gasteiger partial charge in [0.1, 0.15) is 24.2 Å². The van der Waals surface area contributed by atoms with Crippen LogP contribution in [0.5, 0.6) is 11.5 Å². The summed E-state index contributed by atoms with van der Waals surface area (Å²) >= 11 is 6.08. The molecule has 0 fully saturated rings. The first-order chi connectivity index (χ1) is 10.2. The van der Waals surface area contributed by atoms with E-state index < -0.39 is 0 Å². The number of hydrogen-bond acceptors (Lipinski definition) is 4. The van der Waals surface area contributed by atoms with Crippen LogP contribution in [0.15, 0.2) is 36.4 Å². The molecule has 0 aliphatic heterocycles. The van der Waals surface area contributed by atoms with Crippen molar-refractivity contribution in [3.05, 3.63) is 58.1 Å². The van der Waals surface area contributed by atoms with Crippen LogP contribution in [0.2, 0.25) is 5.02 Å². The van der Waals surface area contributed by atoms with Crippen molar-refractivity contribution in [1.29, 1.82) is 5.26 Å². The van der Waals surface area contributed by atoms with Crippen LogP contribution in [0.1, 0.15) is 16.7 Å². The number of nitrogens with zero attached hydrogens (tertiary/aromatic N) is 1. The molecule has 0 unspecified atom stereocenters. The number of nitriles is 1. The Morgan fingerprint density at radius 3 is 2.52 bits per heavy atom. The number of aliphatic hydroxyl groups excluding tert-OH is 1. The maximum Gasteiger partial charge on any atom is 0.138 e. The minimum Gasteiger partial charge on any atom is -0.495 e. The van der Waals surface area contributed by atoms with E-state index in [9.17, 15) is 0 Å². The van der Waals surface area contributed by atoms with Gasteiger partial charge in [-0.3, -0.25) is 0 Å². The monoisotopic (exact) mass is 303 g/mol. The summed E-state index contributed by atoms with van der Waals surface area (Å²) in [4.78, 5) is 0. The molecule has 4 nitrogen and oxygen atoms in total. The third kappa shape index (κ3) is 3.66. The first kappa shape index (κ1) is 15.2. The van der Waals surface area contributed by atoms with E-state index in [2.05, 4.69) is 6.07 Å². The van der Waals surface area contributed by atoms with Crippen molar-refractivity contribution in [3.63, 3.8) is 0 Å². The van der Waals surface area contributed by atoms with E-state index in [0.29, 0.717) is 28.7 Å². The molecule has 0 aliphatic rings. The quantitative estimate of drug-likeness (QED) is 0.920. The van der Waals surface area contributed by atoms with Gasteiger partial charge in [-0.25, -0.2) is 0 Å². The molecule has 0 heterocycles. The lowest BCUT2D eigenvalue weighted by Crippen LogP contribution is -1.98. The van der Waals surface area contributed by atoms with Gasteiger partial charge in [0.2, 0.25) is 0 Å². The minimum absolute atomic E-state index is 0.0627. The lowest BCUT2D eigenvalue weighted by Gasteiger charge is -2.10. The van der Waals surface area contributed by atoms with Crippen molar-refractivity contribution in [2.75, 3.05) is 7.11 Å². The minimum atomic E-state index is -0.0627. The SMILES string of the molecule is COc1cc(COc2ccc(CO)cc2Cl)ccc1C#N. The largest absolute Gasteiger partial charge is 0.495 e. The molecule has 21 heavy (non-hydrogen) atoms. The van der Waals surface area contributed by atoms with E-state index in [0.717, 1.165) is 11.1 Å². The lowest BCUT2D eigenvalue weighted by atomic mass is 10.1. The normalized spacial score (nSPS) is 10.0. The Labute approximate surface area is 128 Å². The van der Waals surface area contributed by atoms with E-state index in [1.54, 1.807) is 36.4 Å². The molecule has 0 aromatic heterocycles. The Morgan fingerprint density at radius 1 is 1.14 bits per heavy atom. The highest BCUT2D eigenvalue weighted by molar-refractivity contribution is 6.32. The standard InChI is InChI=1S/C16H14ClNO3/c1-20-16-7-12(2-4-13(16)8-18)10-21-15-5-3-11(9-19)6-14(15)17/h2-7,19H,9-10H2,1H3. The first-order valence-corrected chi connectivity index (χ1v) is 6.65. The zero-order chi connectivity index (χ0) is 15.2. The Hall–Kier alpha value is -2.22. The third-order valence-corrected chi connectivity index (χ3v) is 3.25. The molecule has 0 saturated heterocycles. The van der Waals surface area contributed by atoms with Gasteiger partial charge in [-0.1, -0.05) is 23.7 Å². The van der Waals surface area contributed by atoms with Gasteiger partial charge in [0, 0.05) is 0 Å². The van der Waals surface area contributed by atoms with Crippen LogP contribution in [-0.2, 0) is 13.2 Å². The van der Waals surface area contributed by atoms with Crippen molar-refractivity contribution in [2.45, 2.75) is 13.2 Å². The van der Waals surface area contributed by atoms with Crippen LogP contribution < -0.4 is 9.47 Å². The number of rotatable bonds is 5. The zero-order valence-corrected chi connectivity index (χ0v) is 12.2. The fraction of sp³-hybridized carbons (Fsp3) is 0.188. The Balaban J connectivity index is 2.11. The topological polar surface area (TPSA) is 62.5 Å². The molecular formula is C16H14ClNO3. The Kier molecular flexibility index (Phi) is 5.04. The molecule has 108 valence electrons. The number of halogens is 1. The van der Waals surface area contributed by atoms with Crippen LogP contribution in [0.25, 0.3) is 0 Å². The van der Waals surface area contributed by atoms with Crippen molar-refractivity contribution < 1.29 is 14.6 Å². The molecule has 0 atom stereocenters. The fourth-order valence-corrected chi connectivity index (χ4v) is 2.10. The summed E-state index contributed by atoms with van der Waals surface area (Å²) in [5.41, 5.74) is 2.08. The van der Waals surface area contributed by atoms with Crippen LogP contribution in [0.3, 0.4) is 0 Å². The van der Waals surface area contributed by atoms with Crippen LogP contribution in [0.4, 0.5) is 0 Å². The molecule has 0 saturated carbocycles. The molecule has 0 aliphatic carbocycles. The molecule has 2 aromatic carbocycles. The summed E-state index contributed by atoms with van der Waals surface area (Å²) in [5.74, 6) is 1.05. The van der Waals surface area contributed by atoms with Crippen molar-refractivity contribution in [3.8, 4) is 17.6 Å². The highest BCUT2D eigenvalue weighted by Crippen LogP contribution is 2.27. The number of aliphatic hydroxyl groups is 1.